The average Bonchev–Trinajstić information content (AvgIpc) is 2.98. The molecule has 2 amide bonds. The smallest absolute Gasteiger partial charge is 0.244 e. The van der Waals surface area contributed by atoms with Gasteiger partial charge in [-0.3, -0.25) is 15.0 Å². The summed E-state index contributed by atoms with van der Waals surface area (Å²) in [5, 5.41) is 7.18. The standard InChI is InChI=1S/C11H17N5O3/c1-8(5-19-2)16-4-9(3-10(16)17)11(18)14-15-6-12-13-7-15/h6-9H,3-5H2,1-2H3,(H,14,18)/t8-,9-/m1/s1. The van der Waals surface area contributed by atoms with Crippen LogP contribution in [0, 0.1) is 5.92 Å². The maximum Gasteiger partial charge on any atom is 0.244 e. The van der Waals surface area contributed by atoms with Crippen LogP contribution in [0.1, 0.15) is 13.3 Å². The highest BCUT2D eigenvalue weighted by Gasteiger charge is 2.36. The summed E-state index contributed by atoms with van der Waals surface area (Å²) >= 11 is 0. The molecule has 1 saturated heterocycles. The van der Waals surface area contributed by atoms with E-state index in [4.69, 9.17) is 4.74 Å². The molecule has 1 aliphatic rings. The SMILES string of the molecule is COC[C@@H](C)N1C[C@H](C(=O)Nn2cnnc2)CC1=O. The topological polar surface area (TPSA) is 89.3 Å². The van der Waals surface area contributed by atoms with Gasteiger partial charge in [-0.1, -0.05) is 0 Å². The van der Waals surface area contributed by atoms with Crippen molar-refractivity contribution in [3.8, 4) is 0 Å². The maximum absolute atomic E-state index is 12.0. The van der Waals surface area contributed by atoms with E-state index < -0.39 is 0 Å². The number of carbonyl (C=O) groups excluding carboxylic acids is 2. The highest BCUT2D eigenvalue weighted by Crippen LogP contribution is 2.20. The predicted molar refractivity (Wildman–Crippen MR) is 65.5 cm³/mol. The van der Waals surface area contributed by atoms with E-state index in [2.05, 4.69) is 15.6 Å². The van der Waals surface area contributed by atoms with Crippen LogP contribution in [0.15, 0.2) is 12.7 Å². The van der Waals surface area contributed by atoms with Crippen molar-refractivity contribution in [3.05, 3.63) is 12.7 Å². The zero-order valence-corrected chi connectivity index (χ0v) is 10.9. The van der Waals surface area contributed by atoms with Gasteiger partial charge in [-0.15, -0.1) is 10.2 Å². The van der Waals surface area contributed by atoms with Gasteiger partial charge in [-0.05, 0) is 6.92 Å². The first-order valence-corrected chi connectivity index (χ1v) is 6.05. The lowest BCUT2D eigenvalue weighted by Gasteiger charge is -2.23. The lowest BCUT2D eigenvalue weighted by Crippen LogP contribution is -2.38. The van der Waals surface area contributed by atoms with E-state index in [1.54, 1.807) is 12.0 Å². The molecule has 8 nitrogen and oxygen atoms in total. The van der Waals surface area contributed by atoms with Crippen molar-refractivity contribution in [2.45, 2.75) is 19.4 Å². The van der Waals surface area contributed by atoms with Gasteiger partial charge in [0.15, 0.2) is 0 Å². The first-order chi connectivity index (χ1) is 9.11. The Labute approximate surface area is 110 Å². The number of hydrogen-bond acceptors (Lipinski definition) is 5. The summed E-state index contributed by atoms with van der Waals surface area (Å²) < 4.78 is 6.40. The number of likely N-dealkylation sites (tertiary alicyclic amines) is 1. The maximum atomic E-state index is 12.0. The van der Waals surface area contributed by atoms with Gasteiger partial charge in [0.05, 0.1) is 18.6 Å². The number of nitrogens with one attached hydrogen (secondary N) is 1. The average molecular weight is 267 g/mol. The normalized spacial score (nSPS) is 20.6. The number of methoxy groups -OCH3 is 1. The van der Waals surface area contributed by atoms with Gasteiger partial charge in [0, 0.05) is 20.1 Å². The molecule has 0 bridgehead atoms. The fourth-order valence-electron chi connectivity index (χ4n) is 2.14. The summed E-state index contributed by atoms with van der Waals surface area (Å²) in [7, 11) is 1.59. The minimum absolute atomic E-state index is 0.0199. The van der Waals surface area contributed by atoms with Crippen molar-refractivity contribution in [2.24, 2.45) is 5.92 Å². The third kappa shape index (κ3) is 3.08. The number of ether oxygens (including phenoxy) is 1. The Morgan fingerprint density at radius 1 is 1.58 bits per heavy atom. The second-order valence-electron chi connectivity index (χ2n) is 4.60. The third-order valence-corrected chi connectivity index (χ3v) is 3.13. The lowest BCUT2D eigenvalue weighted by atomic mass is 10.1. The first-order valence-electron chi connectivity index (χ1n) is 6.05. The molecule has 1 fully saturated rings. The van der Waals surface area contributed by atoms with E-state index in [1.165, 1.54) is 17.3 Å². The first kappa shape index (κ1) is 13.5. The zero-order valence-electron chi connectivity index (χ0n) is 10.9. The molecule has 2 rings (SSSR count). The van der Waals surface area contributed by atoms with E-state index in [0.717, 1.165) is 0 Å². The molecule has 1 N–H and O–H groups in total. The highest BCUT2D eigenvalue weighted by molar-refractivity contribution is 5.93. The number of rotatable bonds is 5. The van der Waals surface area contributed by atoms with Crippen LogP contribution in [0.4, 0.5) is 0 Å². The molecule has 8 heteroatoms. The van der Waals surface area contributed by atoms with Crippen molar-refractivity contribution in [3.63, 3.8) is 0 Å². The quantitative estimate of drug-likeness (QED) is 0.757. The van der Waals surface area contributed by atoms with E-state index in [0.29, 0.717) is 13.2 Å². The van der Waals surface area contributed by atoms with E-state index in [1.807, 2.05) is 6.92 Å². The number of hydrogen-bond donors (Lipinski definition) is 1. The molecular formula is C11H17N5O3. The van der Waals surface area contributed by atoms with Crippen LogP contribution in [0.3, 0.4) is 0 Å². The molecular weight excluding hydrogens is 250 g/mol. The molecule has 0 radical (unpaired) electrons. The lowest BCUT2D eigenvalue weighted by molar-refractivity contribution is -0.130. The van der Waals surface area contributed by atoms with Gasteiger partial charge in [0.25, 0.3) is 0 Å². The Balaban J connectivity index is 1.93. The number of nitrogens with zero attached hydrogens (tertiary/aromatic N) is 4. The monoisotopic (exact) mass is 267 g/mol. The fraction of sp³-hybridized carbons (Fsp3) is 0.636. The number of amides is 2. The van der Waals surface area contributed by atoms with Crippen LogP contribution in [0.5, 0.6) is 0 Å². The Morgan fingerprint density at radius 2 is 2.26 bits per heavy atom. The molecule has 0 spiro atoms. The van der Waals surface area contributed by atoms with Crippen LogP contribution in [-0.4, -0.2) is 57.9 Å². The molecule has 0 aromatic carbocycles. The van der Waals surface area contributed by atoms with Crippen molar-refractivity contribution in [1.82, 2.24) is 19.8 Å². The molecule has 0 saturated carbocycles. The molecule has 1 aromatic heterocycles. The molecule has 104 valence electrons. The summed E-state index contributed by atoms with van der Waals surface area (Å²) in [5.74, 6) is -0.581. The van der Waals surface area contributed by atoms with Gasteiger partial charge in [0.2, 0.25) is 11.8 Å². The van der Waals surface area contributed by atoms with Crippen LogP contribution < -0.4 is 5.43 Å². The van der Waals surface area contributed by atoms with E-state index in [-0.39, 0.29) is 30.2 Å². The van der Waals surface area contributed by atoms with Crippen LogP contribution in [-0.2, 0) is 14.3 Å². The minimum Gasteiger partial charge on any atom is -0.383 e. The van der Waals surface area contributed by atoms with Gasteiger partial charge in [-0.25, -0.2) is 4.68 Å². The van der Waals surface area contributed by atoms with Crippen molar-refractivity contribution >= 4 is 11.8 Å². The molecule has 1 aliphatic heterocycles. The zero-order chi connectivity index (χ0) is 13.8. The van der Waals surface area contributed by atoms with E-state index >= 15 is 0 Å². The fourth-order valence-corrected chi connectivity index (χ4v) is 2.14. The second kappa shape index (κ2) is 5.79. The molecule has 0 aliphatic carbocycles. The van der Waals surface area contributed by atoms with Crippen molar-refractivity contribution < 1.29 is 14.3 Å². The van der Waals surface area contributed by atoms with E-state index in [9.17, 15) is 9.59 Å². The van der Waals surface area contributed by atoms with Gasteiger partial charge in [-0.2, -0.15) is 0 Å². The Hall–Kier alpha value is -1.96. The van der Waals surface area contributed by atoms with Crippen molar-refractivity contribution in [2.75, 3.05) is 25.7 Å². The summed E-state index contributed by atoms with van der Waals surface area (Å²) in [5.41, 5.74) is 2.62. The summed E-state index contributed by atoms with van der Waals surface area (Å²) in [6, 6.07) is -0.0230. The molecule has 19 heavy (non-hydrogen) atoms. The number of aromatic nitrogens is 3. The largest absolute Gasteiger partial charge is 0.383 e. The molecule has 0 unspecified atom stereocenters. The van der Waals surface area contributed by atoms with Crippen LogP contribution in [0.2, 0.25) is 0 Å². The van der Waals surface area contributed by atoms with Crippen LogP contribution in [0.25, 0.3) is 0 Å². The Bertz CT molecular complexity index is 447. The Morgan fingerprint density at radius 3 is 2.89 bits per heavy atom. The van der Waals surface area contributed by atoms with Gasteiger partial charge in [0.1, 0.15) is 12.7 Å². The summed E-state index contributed by atoms with van der Waals surface area (Å²) in [6.45, 7) is 2.78. The summed E-state index contributed by atoms with van der Waals surface area (Å²) in [6.07, 6.45) is 3.00. The van der Waals surface area contributed by atoms with Gasteiger partial charge < -0.3 is 9.64 Å². The molecule has 1 aromatic rings. The molecule has 2 atom stereocenters. The van der Waals surface area contributed by atoms with Crippen molar-refractivity contribution in [1.29, 1.82) is 0 Å². The summed E-state index contributed by atoms with van der Waals surface area (Å²) in [4.78, 5) is 25.5. The third-order valence-electron chi connectivity index (χ3n) is 3.13. The Kier molecular flexibility index (Phi) is 4.10. The molecule has 2 heterocycles. The van der Waals surface area contributed by atoms with Crippen LogP contribution >= 0.6 is 0 Å². The van der Waals surface area contributed by atoms with Gasteiger partial charge >= 0.3 is 0 Å². The minimum atomic E-state index is -0.353. The number of carbonyl (C=O) groups is 2. The highest BCUT2D eigenvalue weighted by atomic mass is 16.5. The second-order valence-corrected chi connectivity index (χ2v) is 4.60. The predicted octanol–water partition coefficient (Wildman–Crippen LogP) is -0.768.